The number of aromatic amines is 1. The molecule has 4 aromatic carbocycles. The smallest absolute Gasteiger partial charge is 0.408 e. The summed E-state index contributed by atoms with van der Waals surface area (Å²) in [5.41, 5.74) is 3.07. The number of benzene rings is 4. The topological polar surface area (TPSA) is 202 Å². The van der Waals surface area contributed by atoms with Gasteiger partial charge in [-0.25, -0.2) is 18.4 Å². The van der Waals surface area contributed by atoms with Crippen molar-refractivity contribution in [2.24, 2.45) is 0 Å². The number of nitrogens with zero attached hydrogens (tertiary/aromatic N) is 2. The third kappa shape index (κ3) is 10.4. The molecule has 2 aliphatic rings. The summed E-state index contributed by atoms with van der Waals surface area (Å²) < 4.78 is 32.8. The molecular formula is C46H47F2N7O8. The number of carbonyl (C=O) groups is 6. The molecule has 328 valence electrons. The van der Waals surface area contributed by atoms with Crippen LogP contribution in [0.2, 0.25) is 0 Å². The number of alkyl carbamates (subject to hydrolysis) is 1. The first kappa shape index (κ1) is 43.8. The molecule has 0 saturated carbocycles. The van der Waals surface area contributed by atoms with Gasteiger partial charge in [-0.2, -0.15) is 0 Å². The van der Waals surface area contributed by atoms with Gasteiger partial charge in [0.1, 0.15) is 41.4 Å². The second-order valence-electron chi connectivity index (χ2n) is 16.5. The highest BCUT2D eigenvalue weighted by Crippen LogP contribution is 2.30. The number of carboxylic acid groups (broad SMARTS) is 1. The Morgan fingerprint density at radius 3 is 1.68 bits per heavy atom. The molecule has 4 atom stereocenters. The van der Waals surface area contributed by atoms with E-state index in [2.05, 4.69) is 26.3 Å². The van der Waals surface area contributed by atoms with E-state index in [0.717, 1.165) is 34.3 Å². The predicted molar refractivity (Wildman–Crippen MR) is 229 cm³/mol. The first-order chi connectivity index (χ1) is 30.0. The van der Waals surface area contributed by atoms with Gasteiger partial charge in [0.05, 0.1) is 0 Å². The quantitative estimate of drug-likeness (QED) is 0.0797. The van der Waals surface area contributed by atoms with Gasteiger partial charge in [0.2, 0.25) is 11.8 Å². The number of carbonyl (C=O) groups excluding carboxylic acids is 5. The van der Waals surface area contributed by atoms with Crippen molar-refractivity contribution in [3.05, 3.63) is 120 Å². The molecule has 3 heterocycles. The van der Waals surface area contributed by atoms with Crippen LogP contribution in [0.1, 0.15) is 69.7 Å². The number of likely N-dealkylation sites (tertiary alicyclic amines) is 2. The summed E-state index contributed by atoms with van der Waals surface area (Å²) in [5, 5.41) is 20.8. The fourth-order valence-electron chi connectivity index (χ4n) is 7.92. The predicted octanol–water partition coefficient (Wildman–Crippen LogP) is 7.25. The average molecular weight is 864 g/mol. The van der Waals surface area contributed by atoms with E-state index in [1.807, 2.05) is 24.3 Å². The summed E-state index contributed by atoms with van der Waals surface area (Å²) in [4.78, 5) is 85.3. The normalized spacial score (nSPS) is 17.2. The lowest BCUT2D eigenvalue weighted by Crippen LogP contribution is -2.49. The van der Waals surface area contributed by atoms with Crippen LogP contribution in [0.15, 0.2) is 97.1 Å². The molecule has 1 aromatic heterocycles. The molecule has 2 aliphatic heterocycles. The minimum atomic E-state index is -1.44. The van der Waals surface area contributed by atoms with Gasteiger partial charge in [-0.3, -0.25) is 19.2 Å². The number of ether oxygens (including phenoxy) is 1. The van der Waals surface area contributed by atoms with Crippen molar-refractivity contribution in [1.82, 2.24) is 25.4 Å². The lowest BCUT2D eigenvalue weighted by atomic mass is 10.0. The lowest BCUT2D eigenvalue weighted by molar-refractivity contribution is -0.138. The molecule has 0 bridgehead atoms. The monoisotopic (exact) mass is 863 g/mol. The number of nitrogens with one attached hydrogen (secondary N) is 5. The van der Waals surface area contributed by atoms with E-state index < -0.39 is 77.2 Å². The Hall–Kier alpha value is -7.30. The number of hydrogen-bond acceptors (Lipinski definition) is 7. The van der Waals surface area contributed by atoms with Crippen molar-refractivity contribution in [1.29, 1.82) is 0 Å². The Labute approximate surface area is 361 Å². The van der Waals surface area contributed by atoms with Crippen LogP contribution in [0.5, 0.6) is 0 Å². The van der Waals surface area contributed by atoms with Crippen LogP contribution in [0, 0.1) is 11.6 Å². The first-order valence-corrected chi connectivity index (χ1v) is 20.5. The summed E-state index contributed by atoms with van der Waals surface area (Å²) in [7, 11) is 0. The van der Waals surface area contributed by atoms with Crippen LogP contribution in [0.3, 0.4) is 0 Å². The van der Waals surface area contributed by atoms with E-state index in [-0.39, 0.29) is 18.7 Å². The number of aromatic nitrogens is 1. The van der Waals surface area contributed by atoms with Crippen LogP contribution >= 0.6 is 0 Å². The zero-order chi connectivity index (χ0) is 45.0. The van der Waals surface area contributed by atoms with Crippen LogP contribution < -0.4 is 21.3 Å². The molecule has 17 heteroatoms. The molecule has 2 fully saturated rings. The van der Waals surface area contributed by atoms with Gasteiger partial charge < -0.3 is 45.9 Å². The Morgan fingerprint density at radius 2 is 1.17 bits per heavy atom. The maximum atomic E-state index is 14.0. The van der Waals surface area contributed by atoms with E-state index in [1.165, 1.54) is 46.2 Å². The molecule has 63 heavy (non-hydrogen) atoms. The summed E-state index contributed by atoms with van der Waals surface area (Å²) in [5.74, 6) is -3.03. The van der Waals surface area contributed by atoms with Crippen molar-refractivity contribution in [2.75, 3.05) is 23.7 Å². The molecule has 2 saturated heterocycles. The van der Waals surface area contributed by atoms with E-state index >= 15 is 0 Å². The number of fused-ring (bicyclic) bond motifs is 1. The molecule has 0 aliphatic carbocycles. The summed E-state index contributed by atoms with van der Waals surface area (Å²) in [6.45, 7) is 5.59. The summed E-state index contributed by atoms with van der Waals surface area (Å²) in [6.07, 6.45) is -0.412. The highest BCUT2D eigenvalue weighted by atomic mass is 19.1. The van der Waals surface area contributed by atoms with Gasteiger partial charge in [0, 0.05) is 41.1 Å². The number of hydrogen-bond donors (Lipinski definition) is 6. The van der Waals surface area contributed by atoms with Gasteiger partial charge >= 0.3 is 12.2 Å². The van der Waals surface area contributed by atoms with Crippen LogP contribution in [-0.2, 0) is 23.9 Å². The third-order valence-corrected chi connectivity index (χ3v) is 10.9. The maximum Gasteiger partial charge on any atom is 0.408 e. The molecule has 0 unspecified atom stereocenters. The average Bonchev–Trinajstić information content (AvgIpc) is 4.03. The molecule has 7 rings (SSSR count). The van der Waals surface area contributed by atoms with Crippen molar-refractivity contribution in [3.63, 3.8) is 0 Å². The number of halogens is 2. The van der Waals surface area contributed by atoms with Crippen LogP contribution in [-0.4, -0.2) is 86.5 Å². The van der Waals surface area contributed by atoms with Gasteiger partial charge in [0.15, 0.2) is 0 Å². The molecule has 6 amide bonds. The van der Waals surface area contributed by atoms with Crippen molar-refractivity contribution < 1.29 is 47.4 Å². The van der Waals surface area contributed by atoms with E-state index in [1.54, 1.807) is 45.0 Å². The largest absolute Gasteiger partial charge is 0.465 e. The van der Waals surface area contributed by atoms with Gasteiger partial charge in [-0.15, -0.1) is 0 Å². The molecule has 6 N–H and O–H groups in total. The SMILES string of the molecule is CC(C)(C)OC(=O)N[C@@H](C(=O)N1CCC[C@H]1C(=O)Nc1ccc2[nH]c(-c3ccc(NC(=O)[C@@H]4CCCN4C(=O)[C@H](NC(=O)O)c4ccc(F)cc4)cc3)cc2c1)c1ccc(F)cc1. The Kier molecular flexibility index (Phi) is 12.8. The number of amides is 6. The first-order valence-electron chi connectivity index (χ1n) is 20.5. The Balaban J connectivity index is 0.994. The second-order valence-corrected chi connectivity index (χ2v) is 16.5. The zero-order valence-corrected chi connectivity index (χ0v) is 34.7. The van der Waals surface area contributed by atoms with Gasteiger partial charge in [-0.05, 0) is 124 Å². The van der Waals surface area contributed by atoms with E-state index in [0.29, 0.717) is 42.6 Å². The number of anilines is 2. The molecule has 0 radical (unpaired) electrons. The number of rotatable bonds is 11. The fraction of sp³-hybridized carbons (Fsp3) is 0.304. The standard InChI is InChI=1S/C46H47F2N7O8/c1-46(2,3)63-45(62)53-39(28-10-16-31(48)17-11-28)43(59)55-23-5-7-37(55)41(57)50-33-20-21-34-29(24-33)25-35(51-34)26-12-18-32(19-13-26)49-40(56)36-6-4-22-54(36)42(58)38(52-44(60)61)27-8-14-30(47)15-9-27/h8-21,24-25,36-39,51-52H,4-7,22-23H2,1-3H3,(H,49,56)(H,50,57)(H,53,62)(H,60,61)/t36-,37-,38+,39+/m0/s1. The Morgan fingerprint density at radius 1 is 0.683 bits per heavy atom. The van der Waals surface area contributed by atoms with Gasteiger partial charge in [-0.1, -0.05) is 36.4 Å². The van der Waals surface area contributed by atoms with E-state index in [4.69, 9.17) is 4.74 Å². The highest BCUT2D eigenvalue weighted by molar-refractivity contribution is 6.01. The van der Waals surface area contributed by atoms with Gasteiger partial charge in [0.25, 0.3) is 11.8 Å². The minimum Gasteiger partial charge on any atom is -0.465 e. The van der Waals surface area contributed by atoms with Crippen molar-refractivity contribution >= 4 is 58.1 Å². The van der Waals surface area contributed by atoms with Crippen molar-refractivity contribution in [3.8, 4) is 11.3 Å². The van der Waals surface area contributed by atoms with Crippen molar-refractivity contribution in [2.45, 2.75) is 76.2 Å². The van der Waals surface area contributed by atoms with Crippen LogP contribution in [0.25, 0.3) is 22.2 Å². The molecule has 5 aromatic rings. The zero-order valence-electron chi connectivity index (χ0n) is 34.7. The lowest BCUT2D eigenvalue weighted by Gasteiger charge is -2.29. The highest BCUT2D eigenvalue weighted by Gasteiger charge is 2.40. The maximum absolute atomic E-state index is 14.0. The summed E-state index contributed by atoms with van der Waals surface area (Å²) in [6, 6.07) is 20.2. The Bertz CT molecular complexity index is 2520. The molecular weight excluding hydrogens is 817 g/mol. The third-order valence-electron chi connectivity index (χ3n) is 10.9. The molecule has 0 spiro atoms. The summed E-state index contributed by atoms with van der Waals surface area (Å²) >= 11 is 0. The van der Waals surface area contributed by atoms with Crippen LogP contribution in [0.4, 0.5) is 29.7 Å². The second kappa shape index (κ2) is 18.4. The fourth-order valence-corrected chi connectivity index (χ4v) is 7.92. The number of H-pyrrole nitrogens is 1. The van der Waals surface area contributed by atoms with E-state index in [9.17, 15) is 42.7 Å². The minimum absolute atomic E-state index is 0.244. The molecule has 15 nitrogen and oxygen atoms in total.